The zero-order valence-electron chi connectivity index (χ0n) is 16.1. The number of benzene rings is 2. The number of carbonyl (C=O) groups excluding carboxylic acids is 1. The standard InChI is InChI=1S/C21H19N3O5/c1-13-10-16(12-22-20-11-18(24(27)28)6-9-21(20)26)14(2)23(13)17-4-7-19(8-5-17)29-15(3)25/h4-12,26H,1-3H3/p-1. The molecule has 1 heterocycles. The van der Waals surface area contributed by atoms with Crippen LogP contribution in [0.2, 0.25) is 0 Å². The Morgan fingerprint density at radius 1 is 1.14 bits per heavy atom. The SMILES string of the molecule is CC(=O)Oc1ccc(-n2c(C)cc(C=Nc3cc([N+](=O)[O-])ccc3[O-])c2C)cc1. The maximum Gasteiger partial charge on any atom is 0.308 e. The lowest BCUT2D eigenvalue weighted by atomic mass is 10.2. The van der Waals surface area contributed by atoms with Crippen LogP contribution in [0.5, 0.6) is 11.5 Å². The third kappa shape index (κ3) is 4.32. The van der Waals surface area contributed by atoms with E-state index in [1.807, 2.05) is 36.6 Å². The van der Waals surface area contributed by atoms with Gasteiger partial charge in [-0.3, -0.25) is 19.9 Å². The quantitative estimate of drug-likeness (QED) is 0.216. The van der Waals surface area contributed by atoms with Gasteiger partial charge in [0.2, 0.25) is 0 Å². The van der Waals surface area contributed by atoms with E-state index in [-0.39, 0.29) is 23.1 Å². The lowest BCUT2D eigenvalue weighted by molar-refractivity contribution is -0.385. The summed E-state index contributed by atoms with van der Waals surface area (Å²) in [5, 5.41) is 22.8. The molecule has 3 aromatic rings. The molecule has 1 aromatic heterocycles. The molecule has 2 aromatic carbocycles. The van der Waals surface area contributed by atoms with Crippen LogP contribution in [-0.4, -0.2) is 21.7 Å². The predicted octanol–water partition coefficient (Wildman–Crippen LogP) is 3.75. The zero-order valence-corrected chi connectivity index (χ0v) is 16.1. The van der Waals surface area contributed by atoms with Crippen molar-refractivity contribution in [3.8, 4) is 17.2 Å². The van der Waals surface area contributed by atoms with Gasteiger partial charge in [-0.05, 0) is 44.2 Å². The summed E-state index contributed by atoms with van der Waals surface area (Å²) in [4.78, 5) is 25.5. The van der Waals surface area contributed by atoms with Crippen molar-refractivity contribution in [1.82, 2.24) is 4.57 Å². The molecule has 0 N–H and O–H groups in total. The number of non-ortho nitro benzene ring substituents is 1. The van der Waals surface area contributed by atoms with E-state index in [0.29, 0.717) is 5.75 Å². The van der Waals surface area contributed by atoms with Crippen LogP contribution < -0.4 is 9.84 Å². The van der Waals surface area contributed by atoms with E-state index in [0.717, 1.165) is 40.8 Å². The van der Waals surface area contributed by atoms with Gasteiger partial charge in [0.05, 0.1) is 10.6 Å². The summed E-state index contributed by atoms with van der Waals surface area (Å²) in [6.45, 7) is 5.17. The highest BCUT2D eigenvalue weighted by molar-refractivity contribution is 5.85. The van der Waals surface area contributed by atoms with Crippen molar-refractivity contribution in [3.05, 3.63) is 75.6 Å². The van der Waals surface area contributed by atoms with E-state index >= 15 is 0 Å². The van der Waals surface area contributed by atoms with Gasteiger partial charge in [0.15, 0.2) is 0 Å². The predicted molar refractivity (Wildman–Crippen MR) is 106 cm³/mol. The largest absolute Gasteiger partial charge is 0.871 e. The van der Waals surface area contributed by atoms with Crippen molar-refractivity contribution < 1.29 is 19.6 Å². The van der Waals surface area contributed by atoms with Crippen LogP contribution in [-0.2, 0) is 4.79 Å². The number of hydrogen-bond acceptors (Lipinski definition) is 6. The molecule has 0 aliphatic heterocycles. The maximum atomic E-state index is 11.9. The van der Waals surface area contributed by atoms with Crippen LogP contribution in [0.3, 0.4) is 0 Å². The Labute approximate surface area is 166 Å². The Kier molecular flexibility index (Phi) is 5.45. The fourth-order valence-corrected chi connectivity index (χ4v) is 3.00. The summed E-state index contributed by atoms with van der Waals surface area (Å²) in [6, 6.07) is 12.4. The third-order valence-electron chi connectivity index (χ3n) is 4.32. The smallest absolute Gasteiger partial charge is 0.308 e. The van der Waals surface area contributed by atoms with Crippen LogP contribution >= 0.6 is 0 Å². The second kappa shape index (κ2) is 7.97. The number of ether oxygens (including phenoxy) is 1. The Morgan fingerprint density at radius 3 is 2.45 bits per heavy atom. The van der Waals surface area contributed by atoms with Gasteiger partial charge in [-0.1, -0.05) is 11.8 Å². The van der Waals surface area contributed by atoms with E-state index in [1.165, 1.54) is 13.1 Å². The Bertz CT molecular complexity index is 1110. The van der Waals surface area contributed by atoms with Gasteiger partial charge in [0, 0.05) is 47.9 Å². The molecule has 0 saturated heterocycles. The first-order chi connectivity index (χ1) is 13.8. The van der Waals surface area contributed by atoms with Gasteiger partial charge < -0.3 is 14.4 Å². The van der Waals surface area contributed by atoms with Crippen molar-refractivity contribution in [2.75, 3.05) is 0 Å². The number of aliphatic imine (C=N–C) groups is 1. The first-order valence-electron chi connectivity index (χ1n) is 8.73. The molecule has 0 bridgehead atoms. The van der Waals surface area contributed by atoms with Crippen LogP contribution in [0.4, 0.5) is 11.4 Å². The van der Waals surface area contributed by atoms with Crippen LogP contribution in [0.15, 0.2) is 53.5 Å². The minimum Gasteiger partial charge on any atom is -0.871 e. The van der Waals surface area contributed by atoms with Crippen molar-refractivity contribution in [2.24, 2.45) is 4.99 Å². The number of rotatable bonds is 5. The van der Waals surface area contributed by atoms with E-state index < -0.39 is 4.92 Å². The number of aromatic nitrogens is 1. The highest BCUT2D eigenvalue weighted by Gasteiger charge is 2.11. The summed E-state index contributed by atoms with van der Waals surface area (Å²) in [5.74, 6) is -0.315. The molecule has 3 rings (SSSR count). The van der Waals surface area contributed by atoms with Crippen molar-refractivity contribution in [2.45, 2.75) is 20.8 Å². The summed E-state index contributed by atoms with van der Waals surface area (Å²) in [5.41, 5.74) is 3.28. The average Bonchev–Trinajstić information content (AvgIpc) is 2.94. The summed E-state index contributed by atoms with van der Waals surface area (Å²) >= 11 is 0. The topological polar surface area (TPSA) is 110 Å². The Hall–Kier alpha value is -3.94. The number of aryl methyl sites for hydroxylation is 1. The van der Waals surface area contributed by atoms with Gasteiger partial charge in [0.25, 0.3) is 5.69 Å². The molecule has 0 aliphatic rings. The van der Waals surface area contributed by atoms with Gasteiger partial charge in [-0.2, -0.15) is 0 Å². The Morgan fingerprint density at radius 2 is 1.83 bits per heavy atom. The van der Waals surface area contributed by atoms with E-state index in [2.05, 4.69) is 4.99 Å². The molecule has 0 spiro atoms. The fraction of sp³-hybridized carbons (Fsp3) is 0.143. The molecule has 8 heteroatoms. The first kappa shape index (κ1) is 19.8. The monoisotopic (exact) mass is 392 g/mol. The number of carbonyl (C=O) groups is 1. The second-order valence-electron chi connectivity index (χ2n) is 6.42. The maximum absolute atomic E-state index is 11.9. The van der Waals surface area contributed by atoms with E-state index in [4.69, 9.17) is 4.74 Å². The second-order valence-corrected chi connectivity index (χ2v) is 6.42. The van der Waals surface area contributed by atoms with Gasteiger partial charge in [0.1, 0.15) is 5.75 Å². The molecule has 0 fully saturated rings. The number of nitro benzene ring substituents is 1. The van der Waals surface area contributed by atoms with Crippen LogP contribution in [0.25, 0.3) is 5.69 Å². The minimum atomic E-state index is -0.566. The highest BCUT2D eigenvalue weighted by atomic mass is 16.6. The summed E-state index contributed by atoms with van der Waals surface area (Å²) in [7, 11) is 0. The molecule has 148 valence electrons. The average molecular weight is 392 g/mol. The van der Waals surface area contributed by atoms with Gasteiger partial charge in [-0.15, -0.1) is 0 Å². The molecule has 0 aliphatic carbocycles. The van der Waals surface area contributed by atoms with Gasteiger partial charge in [-0.25, -0.2) is 0 Å². The first-order valence-corrected chi connectivity index (χ1v) is 8.73. The summed E-state index contributed by atoms with van der Waals surface area (Å²) < 4.78 is 7.04. The van der Waals surface area contributed by atoms with E-state index in [9.17, 15) is 20.0 Å². The highest BCUT2D eigenvalue weighted by Crippen LogP contribution is 2.29. The van der Waals surface area contributed by atoms with Crippen LogP contribution in [0, 0.1) is 24.0 Å². The summed E-state index contributed by atoms with van der Waals surface area (Å²) in [6.07, 6.45) is 1.52. The molecule has 8 nitrogen and oxygen atoms in total. The Balaban J connectivity index is 1.92. The molecule has 0 unspecified atom stereocenters. The number of nitrogens with zero attached hydrogens (tertiary/aromatic N) is 3. The zero-order chi connectivity index (χ0) is 21.1. The number of hydrogen-bond donors (Lipinski definition) is 0. The van der Waals surface area contributed by atoms with Crippen molar-refractivity contribution in [3.63, 3.8) is 0 Å². The molecule has 0 radical (unpaired) electrons. The number of esters is 1. The van der Waals surface area contributed by atoms with E-state index in [1.54, 1.807) is 12.1 Å². The van der Waals surface area contributed by atoms with Crippen LogP contribution in [0.1, 0.15) is 23.9 Å². The van der Waals surface area contributed by atoms with Gasteiger partial charge >= 0.3 is 5.97 Å². The molecule has 29 heavy (non-hydrogen) atoms. The molecular formula is C21H18N3O5-. The minimum absolute atomic E-state index is 0.00902. The molecule has 0 saturated carbocycles. The van der Waals surface area contributed by atoms with Crippen molar-refractivity contribution >= 4 is 23.6 Å². The third-order valence-corrected chi connectivity index (χ3v) is 4.32. The molecule has 0 amide bonds. The molecule has 0 atom stereocenters. The lowest BCUT2D eigenvalue weighted by Gasteiger charge is -2.10. The molecular weight excluding hydrogens is 374 g/mol. The lowest BCUT2D eigenvalue weighted by Crippen LogP contribution is -2.02. The fourth-order valence-electron chi connectivity index (χ4n) is 3.00. The normalized spacial score (nSPS) is 11.0. The number of nitro groups is 1. The van der Waals surface area contributed by atoms with Crippen molar-refractivity contribution in [1.29, 1.82) is 0 Å².